The molecule has 1 aliphatic rings. The SMILES string of the molecule is COc1ccc(OC)c(N2C(=S)N[C@@H](c3ccccn3)[C@@H]2c2cc(C)n(C)c2C)c1. The lowest BCUT2D eigenvalue weighted by molar-refractivity contribution is 0.403. The van der Waals surface area contributed by atoms with Gasteiger partial charge in [-0.1, -0.05) is 6.07 Å². The number of aryl methyl sites for hydroxylation is 1. The molecule has 0 radical (unpaired) electrons. The average Bonchev–Trinajstić information content (AvgIpc) is 3.24. The smallest absolute Gasteiger partial charge is 0.174 e. The number of nitrogens with one attached hydrogen (secondary N) is 1. The normalized spacial score (nSPS) is 18.4. The van der Waals surface area contributed by atoms with Crippen LogP contribution in [0.15, 0.2) is 48.7 Å². The molecule has 156 valence electrons. The molecule has 1 fully saturated rings. The molecule has 0 aliphatic carbocycles. The Bertz CT molecular complexity index is 1080. The van der Waals surface area contributed by atoms with Crippen molar-refractivity contribution in [3.63, 3.8) is 0 Å². The monoisotopic (exact) mass is 422 g/mol. The van der Waals surface area contributed by atoms with Gasteiger partial charge in [0.25, 0.3) is 0 Å². The summed E-state index contributed by atoms with van der Waals surface area (Å²) in [4.78, 5) is 6.75. The summed E-state index contributed by atoms with van der Waals surface area (Å²) in [5.41, 5.74) is 5.38. The highest BCUT2D eigenvalue weighted by Crippen LogP contribution is 2.46. The van der Waals surface area contributed by atoms with E-state index in [1.807, 2.05) is 42.6 Å². The summed E-state index contributed by atoms with van der Waals surface area (Å²) in [6.07, 6.45) is 1.81. The Balaban J connectivity index is 1.92. The van der Waals surface area contributed by atoms with Crippen LogP contribution in [0.5, 0.6) is 11.5 Å². The van der Waals surface area contributed by atoms with Gasteiger partial charge in [0, 0.05) is 30.7 Å². The third kappa shape index (κ3) is 3.29. The lowest BCUT2D eigenvalue weighted by Gasteiger charge is -2.29. The molecule has 2 aromatic heterocycles. The van der Waals surface area contributed by atoms with Crippen LogP contribution in [0.1, 0.15) is 34.7 Å². The summed E-state index contributed by atoms with van der Waals surface area (Å²) in [6, 6.07) is 13.8. The van der Waals surface area contributed by atoms with Gasteiger partial charge in [0.2, 0.25) is 0 Å². The van der Waals surface area contributed by atoms with Crippen LogP contribution in [-0.4, -0.2) is 28.9 Å². The van der Waals surface area contributed by atoms with Gasteiger partial charge in [-0.25, -0.2) is 0 Å². The first-order valence-corrected chi connectivity index (χ1v) is 10.2. The number of benzene rings is 1. The Morgan fingerprint density at radius 2 is 1.87 bits per heavy atom. The van der Waals surface area contributed by atoms with Crippen LogP contribution in [0.25, 0.3) is 0 Å². The number of hydrogen-bond donors (Lipinski definition) is 1. The zero-order chi connectivity index (χ0) is 21.4. The molecule has 0 bridgehead atoms. The number of rotatable bonds is 5. The number of ether oxygens (including phenoxy) is 2. The summed E-state index contributed by atoms with van der Waals surface area (Å²) in [5, 5.41) is 4.13. The minimum atomic E-state index is -0.102. The average molecular weight is 423 g/mol. The summed E-state index contributed by atoms with van der Waals surface area (Å²) in [6.45, 7) is 4.25. The molecule has 1 N–H and O–H groups in total. The molecular formula is C23H26N4O2S. The molecule has 3 heterocycles. The summed E-state index contributed by atoms with van der Waals surface area (Å²) in [7, 11) is 5.41. The molecule has 1 aromatic carbocycles. The molecule has 3 aromatic rings. The number of methoxy groups -OCH3 is 2. The lowest BCUT2D eigenvalue weighted by atomic mass is 9.96. The van der Waals surface area contributed by atoms with Crippen molar-refractivity contribution < 1.29 is 9.47 Å². The predicted octanol–water partition coefficient (Wildman–Crippen LogP) is 4.23. The summed E-state index contributed by atoms with van der Waals surface area (Å²) < 4.78 is 13.4. The topological polar surface area (TPSA) is 51.6 Å². The maximum absolute atomic E-state index is 5.83. The van der Waals surface area contributed by atoms with Gasteiger partial charge in [0.1, 0.15) is 11.5 Å². The first kappa shape index (κ1) is 20.2. The molecule has 1 aliphatic heterocycles. The van der Waals surface area contributed by atoms with Crippen molar-refractivity contribution in [2.45, 2.75) is 25.9 Å². The summed E-state index contributed by atoms with van der Waals surface area (Å²) >= 11 is 5.83. The molecule has 0 saturated carbocycles. The predicted molar refractivity (Wildman–Crippen MR) is 122 cm³/mol. The second kappa shape index (κ2) is 7.99. The van der Waals surface area contributed by atoms with E-state index in [2.05, 4.69) is 46.7 Å². The Hall–Kier alpha value is -3.06. The van der Waals surface area contributed by atoms with E-state index in [4.69, 9.17) is 21.7 Å². The van der Waals surface area contributed by atoms with E-state index in [9.17, 15) is 0 Å². The van der Waals surface area contributed by atoms with Crippen LogP contribution in [0, 0.1) is 13.8 Å². The number of nitrogens with zero attached hydrogens (tertiary/aromatic N) is 3. The van der Waals surface area contributed by atoms with Crippen LogP contribution in [0.4, 0.5) is 5.69 Å². The maximum atomic E-state index is 5.83. The molecule has 4 rings (SSSR count). The molecule has 6 nitrogen and oxygen atoms in total. The Morgan fingerprint density at radius 3 is 2.47 bits per heavy atom. The van der Waals surface area contributed by atoms with Gasteiger partial charge in [-0.05, 0) is 62.0 Å². The number of aromatic nitrogens is 2. The van der Waals surface area contributed by atoms with Crippen molar-refractivity contribution in [1.82, 2.24) is 14.9 Å². The first-order chi connectivity index (χ1) is 14.5. The third-order valence-electron chi connectivity index (χ3n) is 5.88. The molecule has 2 atom stereocenters. The highest BCUT2D eigenvalue weighted by molar-refractivity contribution is 7.80. The van der Waals surface area contributed by atoms with Gasteiger partial charge < -0.3 is 24.3 Å². The Kier molecular flexibility index (Phi) is 5.39. The second-order valence-corrected chi connectivity index (χ2v) is 7.81. The molecule has 0 spiro atoms. The fraction of sp³-hybridized carbons (Fsp3) is 0.304. The van der Waals surface area contributed by atoms with E-state index in [1.54, 1.807) is 14.2 Å². The second-order valence-electron chi connectivity index (χ2n) is 7.42. The number of thiocarbonyl (C=S) groups is 1. The van der Waals surface area contributed by atoms with Gasteiger partial charge in [-0.2, -0.15) is 0 Å². The lowest BCUT2D eigenvalue weighted by Crippen LogP contribution is -2.30. The van der Waals surface area contributed by atoms with Crippen molar-refractivity contribution in [1.29, 1.82) is 0 Å². The van der Waals surface area contributed by atoms with Crippen molar-refractivity contribution in [2.24, 2.45) is 7.05 Å². The van der Waals surface area contributed by atoms with Crippen molar-refractivity contribution >= 4 is 23.0 Å². The van der Waals surface area contributed by atoms with Gasteiger partial charge in [-0.3, -0.25) is 4.98 Å². The van der Waals surface area contributed by atoms with E-state index in [-0.39, 0.29) is 12.1 Å². The van der Waals surface area contributed by atoms with Crippen LogP contribution in [0.3, 0.4) is 0 Å². The fourth-order valence-corrected chi connectivity index (χ4v) is 4.44. The Morgan fingerprint density at radius 1 is 1.07 bits per heavy atom. The van der Waals surface area contributed by atoms with Gasteiger partial charge >= 0.3 is 0 Å². The quantitative estimate of drug-likeness (QED) is 0.621. The fourth-order valence-electron chi connectivity index (χ4n) is 4.10. The van der Waals surface area contributed by atoms with E-state index in [1.165, 1.54) is 17.0 Å². The third-order valence-corrected chi connectivity index (χ3v) is 6.19. The molecule has 30 heavy (non-hydrogen) atoms. The summed E-state index contributed by atoms with van der Waals surface area (Å²) in [5.74, 6) is 1.48. The minimum absolute atomic E-state index is 0.0895. The van der Waals surface area contributed by atoms with Crippen molar-refractivity contribution in [3.8, 4) is 11.5 Å². The highest BCUT2D eigenvalue weighted by Gasteiger charge is 2.43. The molecular weight excluding hydrogens is 396 g/mol. The van der Waals surface area contributed by atoms with Crippen molar-refractivity contribution in [3.05, 3.63) is 71.3 Å². The Labute approximate surface area is 182 Å². The van der Waals surface area contributed by atoms with Crippen LogP contribution in [-0.2, 0) is 7.05 Å². The minimum Gasteiger partial charge on any atom is -0.497 e. The van der Waals surface area contributed by atoms with E-state index in [0.717, 1.165) is 22.9 Å². The van der Waals surface area contributed by atoms with Gasteiger partial charge in [0.05, 0.1) is 37.7 Å². The van der Waals surface area contributed by atoms with Crippen LogP contribution in [0.2, 0.25) is 0 Å². The molecule has 0 amide bonds. The molecule has 7 heteroatoms. The number of pyridine rings is 1. The molecule has 1 saturated heterocycles. The highest BCUT2D eigenvalue weighted by atomic mass is 32.1. The van der Waals surface area contributed by atoms with E-state index >= 15 is 0 Å². The number of anilines is 1. The van der Waals surface area contributed by atoms with Crippen molar-refractivity contribution in [2.75, 3.05) is 19.1 Å². The van der Waals surface area contributed by atoms with Crippen LogP contribution < -0.4 is 19.7 Å². The first-order valence-electron chi connectivity index (χ1n) is 9.81. The largest absolute Gasteiger partial charge is 0.497 e. The molecule has 0 unspecified atom stereocenters. The maximum Gasteiger partial charge on any atom is 0.174 e. The van der Waals surface area contributed by atoms with Gasteiger partial charge in [0.15, 0.2) is 5.11 Å². The zero-order valence-corrected chi connectivity index (χ0v) is 18.7. The van der Waals surface area contributed by atoms with E-state index < -0.39 is 0 Å². The van der Waals surface area contributed by atoms with Crippen LogP contribution >= 0.6 is 12.2 Å². The standard InChI is InChI=1S/C23H26N4O2S/c1-14-12-17(15(2)26(14)3)22-21(18-8-6-7-11-24-18)25-23(30)27(22)19-13-16(28-4)9-10-20(19)29-5/h6-13,21-22H,1-5H3,(H,25,30)/t21-,22-/m0/s1. The zero-order valence-electron chi connectivity index (χ0n) is 17.8. The van der Waals surface area contributed by atoms with E-state index in [0.29, 0.717) is 5.11 Å². The van der Waals surface area contributed by atoms with Gasteiger partial charge in [-0.15, -0.1) is 0 Å². The number of hydrogen-bond acceptors (Lipinski definition) is 4.